The second-order valence-electron chi connectivity index (χ2n) is 6.00. The number of amides is 1. The van der Waals surface area contributed by atoms with Gasteiger partial charge in [-0.3, -0.25) is 9.48 Å². The van der Waals surface area contributed by atoms with Crippen LogP contribution in [-0.4, -0.2) is 32.1 Å². The summed E-state index contributed by atoms with van der Waals surface area (Å²) in [5, 5.41) is 4.64. The number of halogens is 2. The van der Waals surface area contributed by atoms with Gasteiger partial charge >= 0.3 is 0 Å². The number of rotatable bonds is 1. The van der Waals surface area contributed by atoms with E-state index in [0.29, 0.717) is 24.0 Å². The minimum atomic E-state index is -0.664. The van der Waals surface area contributed by atoms with Gasteiger partial charge in [0.25, 0.3) is 5.91 Å². The van der Waals surface area contributed by atoms with Gasteiger partial charge in [-0.25, -0.2) is 8.78 Å². The Bertz CT molecular complexity index is 1040. The van der Waals surface area contributed by atoms with Crippen molar-refractivity contribution < 1.29 is 13.6 Å². The number of hydrogen-bond donors (Lipinski definition) is 1. The zero-order chi connectivity index (χ0) is 17.7. The number of nitrogens with one attached hydrogen (secondary N) is 1. The van der Waals surface area contributed by atoms with Gasteiger partial charge in [0.15, 0.2) is 0 Å². The molecule has 1 unspecified atom stereocenters. The molecule has 0 spiro atoms. The standard InChI is InChI=1S/C18H14F2N4O/c1-3-15(25)24-7-5-11-12-8-10(19)9-13(20)16(12)22-17(11)18(24)14-4-6-21-23(14)2/h1,4,6,8-9,18,22H,5,7H2,2H3. The first-order chi connectivity index (χ1) is 12.0. The Morgan fingerprint density at radius 2 is 2.24 bits per heavy atom. The third-order valence-corrected chi connectivity index (χ3v) is 4.68. The normalized spacial score (nSPS) is 16.7. The quantitative estimate of drug-likeness (QED) is 0.691. The number of carbonyl (C=O) groups excluding carboxylic acids is 1. The number of benzene rings is 1. The first-order valence-corrected chi connectivity index (χ1v) is 7.76. The van der Waals surface area contributed by atoms with E-state index in [4.69, 9.17) is 6.42 Å². The summed E-state index contributed by atoms with van der Waals surface area (Å²) in [6, 6.07) is 3.40. The van der Waals surface area contributed by atoms with Crippen LogP contribution in [0.25, 0.3) is 10.9 Å². The third-order valence-electron chi connectivity index (χ3n) is 4.68. The van der Waals surface area contributed by atoms with E-state index in [0.717, 1.165) is 17.3 Å². The minimum Gasteiger partial charge on any atom is -0.354 e. The van der Waals surface area contributed by atoms with Gasteiger partial charge in [-0.05, 0) is 30.0 Å². The Labute approximate surface area is 142 Å². The van der Waals surface area contributed by atoms with Crippen molar-refractivity contribution in [2.45, 2.75) is 12.5 Å². The van der Waals surface area contributed by atoms with Crippen molar-refractivity contribution in [2.24, 2.45) is 7.05 Å². The zero-order valence-corrected chi connectivity index (χ0v) is 13.4. The lowest BCUT2D eigenvalue weighted by Crippen LogP contribution is -2.40. The average molecular weight is 340 g/mol. The highest BCUT2D eigenvalue weighted by Crippen LogP contribution is 2.39. The number of aromatic nitrogens is 3. The number of hydrogen-bond acceptors (Lipinski definition) is 2. The second-order valence-corrected chi connectivity index (χ2v) is 6.00. The highest BCUT2D eigenvalue weighted by molar-refractivity contribution is 5.94. The van der Waals surface area contributed by atoms with E-state index in [2.05, 4.69) is 16.0 Å². The fourth-order valence-electron chi connectivity index (χ4n) is 3.58. The van der Waals surface area contributed by atoms with Crippen molar-refractivity contribution in [2.75, 3.05) is 6.54 Å². The summed E-state index contributed by atoms with van der Waals surface area (Å²) in [6.45, 7) is 0.358. The summed E-state index contributed by atoms with van der Waals surface area (Å²) >= 11 is 0. The molecule has 1 aromatic carbocycles. The van der Waals surface area contributed by atoms with Gasteiger partial charge < -0.3 is 9.88 Å². The molecule has 1 N–H and O–H groups in total. The fraction of sp³-hybridized carbons (Fsp3) is 0.222. The molecule has 2 aromatic heterocycles. The van der Waals surface area contributed by atoms with Crippen LogP contribution in [0.5, 0.6) is 0 Å². The summed E-state index contributed by atoms with van der Waals surface area (Å²) in [5.41, 5.74) is 2.39. The van der Waals surface area contributed by atoms with Crippen LogP contribution in [0.3, 0.4) is 0 Å². The van der Waals surface area contributed by atoms with E-state index >= 15 is 0 Å². The maximum atomic E-state index is 14.2. The second kappa shape index (κ2) is 5.45. The Morgan fingerprint density at radius 1 is 1.44 bits per heavy atom. The molecule has 0 saturated heterocycles. The molecule has 0 radical (unpaired) electrons. The maximum absolute atomic E-state index is 14.2. The van der Waals surface area contributed by atoms with Gasteiger partial charge in [-0.1, -0.05) is 0 Å². The third kappa shape index (κ3) is 2.22. The highest BCUT2D eigenvalue weighted by Gasteiger charge is 2.36. The van der Waals surface area contributed by atoms with Gasteiger partial charge in [-0.2, -0.15) is 5.10 Å². The van der Waals surface area contributed by atoms with Crippen LogP contribution in [-0.2, 0) is 18.3 Å². The molecule has 0 bridgehead atoms. The largest absolute Gasteiger partial charge is 0.354 e. The van der Waals surface area contributed by atoms with Crippen LogP contribution >= 0.6 is 0 Å². The maximum Gasteiger partial charge on any atom is 0.299 e. The van der Waals surface area contributed by atoms with Gasteiger partial charge in [-0.15, -0.1) is 6.42 Å². The van der Waals surface area contributed by atoms with Crippen molar-refractivity contribution in [3.05, 3.63) is 53.0 Å². The molecular weight excluding hydrogens is 326 g/mol. The summed E-state index contributed by atoms with van der Waals surface area (Å²) in [7, 11) is 1.76. The molecule has 3 heterocycles. The number of aryl methyl sites for hydroxylation is 1. The number of terminal acetylenes is 1. The number of aromatic amines is 1. The Morgan fingerprint density at radius 3 is 2.92 bits per heavy atom. The van der Waals surface area contributed by atoms with Gasteiger partial charge in [0.2, 0.25) is 0 Å². The van der Waals surface area contributed by atoms with Gasteiger partial charge in [0, 0.05) is 36.9 Å². The molecule has 4 rings (SSSR count). The Kier molecular flexibility index (Phi) is 3.35. The van der Waals surface area contributed by atoms with Crippen LogP contribution in [0.15, 0.2) is 24.4 Å². The molecule has 25 heavy (non-hydrogen) atoms. The molecule has 3 aromatic rings. The van der Waals surface area contributed by atoms with Crippen LogP contribution in [0.2, 0.25) is 0 Å². The summed E-state index contributed by atoms with van der Waals surface area (Å²) in [6.07, 6.45) is 7.39. The smallest absolute Gasteiger partial charge is 0.299 e. The summed E-state index contributed by atoms with van der Waals surface area (Å²) in [5.74, 6) is 0.387. The predicted molar refractivity (Wildman–Crippen MR) is 87.5 cm³/mol. The lowest BCUT2D eigenvalue weighted by atomic mass is 9.95. The molecule has 1 aliphatic rings. The van der Waals surface area contributed by atoms with Crippen LogP contribution < -0.4 is 0 Å². The zero-order valence-electron chi connectivity index (χ0n) is 13.4. The number of fused-ring (bicyclic) bond motifs is 3. The fourth-order valence-corrected chi connectivity index (χ4v) is 3.58. The Balaban J connectivity index is 1.99. The lowest BCUT2D eigenvalue weighted by Gasteiger charge is -2.34. The topological polar surface area (TPSA) is 53.9 Å². The van der Waals surface area contributed by atoms with Crippen molar-refractivity contribution >= 4 is 16.8 Å². The predicted octanol–water partition coefficient (Wildman–Crippen LogP) is 2.29. The number of carbonyl (C=O) groups is 1. The molecule has 0 saturated carbocycles. The van der Waals surface area contributed by atoms with E-state index in [1.165, 1.54) is 6.07 Å². The molecule has 0 aliphatic carbocycles. The highest BCUT2D eigenvalue weighted by atomic mass is 19.1. The molecule has 0 fully saturated rings. The van der Waals surface area contributed by atoms with E-state index in [1.54, 1.807) is 28.9 Å². The van der Waals surface area contributed by atoms with E-state index < -0.39 is 23.6 Å². The van der Waals surface area contributed by atoms with Crippen molar-refractivity contribution in [1.82, 2.24) is 19.7 Å². The molecular formula is C18H14F2N4O. The SMILES string of the molecule is C#CC(=O)N1CCc2c([nH]c3c(F)cc(F)cc23)C1c1ccnn1C. The van der Waals surface area contributed by atoms with E-state index in [9.17, 15) is 13.6 Å². The van der Waals surface area contributed by atoms with E-state index in [1.807, 2.05) is 0 Å². The van der Waals surface area contributed by atoms with Crippen molar-refractivity contribution in [3.8, 4) is 12.3 Å². The van der Waals surface area contributed by atoms with E-state index in [-0.39, 0.29) is 5.52 Å². The van der Waals surface area contributed by atoms with Gasteiger partial charge in [0.1, 0.15) is 17.7 Å². The first kappa shape index (κ1) is 15.4. The van der Waals surface area contributed by atoms with Gasteiger partial charge in [0.05, 0.1) is 11.2 Å². The first-order valence-electron chi connectivity index (χ1n) is 7.76. The Hall–Kier alpha value is -3.14. The molecule has 1 atom stereocenters. The lowest BCUT2D eigenvalue weighted by molar-refractivity contribution is -0.127. The molecule has 5 nitrogen and oxygen atoms in total. The summed E-state index contributed by atoms with van der Waals surface area (Å²) < 4.78 is 29.5. The van der Waals surface area contributed by atoms with Crippen LogP contribution in [0.4, 0.5) is 8.78 Å². The molecule has 7 heteroatoms. The molecule has 1 aliphatic heterocycles. The summed E-state index contributed by atoms with van der Waals surface area (Å²) in [4.78, 5) is 16.8. The van der Waals surface area contributed by atoms with Crippen LogP contribution in [0.1, 0.15) is 23.0 Å². The van der Waals surface area contributed by atoms with Crippen molar-refractivity contribution in [1.29, 1.82) is 0 Å². The van der Waals surface area contributed by atoms with Crippen molar-refractivity contribution in [3.63, 3.8) is 0 Å². The number of H-pyrrole nitrogens is 1. The molecule has 126 valence electrons. The monoisotopic (exact) mass is 340 g/mol. The molecule has 1 amide bonds. The number of nitrogens with zero attached hydrogens (tertiary/aromatic N) is 3. The van der Waals surface area contributed by atoms with Crippen LogP contribution in [0, 0.1) is 24.0 Å². The average Bonchev–Trinajstić information content (AvgIpc) is 3.17. The minimum absolute atomic E-state index is 0.230.